The molecule has 0 radical (unpaired) electrons. The molecule has 2 N–H and O–H groups in total. The summed E-state index contributed by atoms with van der Waals surface area (Å²) in [6, 6.07) is 14.3. The lowest BCUT2D eigenvalue weighted by Gasteiger charge is -2.06. The molecule has 4 aromatic rings. The van der Waals surface area contributed by atoms with Gasteiger partial charge in [0.05, 0.1) is 0 Å². The SMILES string of the molecule is Oc1ccc2[nH]cc(CCCc3nccc(CCc4ccc5c(c4)C=CC5)n3)c2c1. The highest BCUT2D eigenvalue weighted by molar-refractivity contribution is 5.84. The Balaban J connectivity index is 1.18. The van der Waals surface area contributed by atoms with Gasteiger partial charge in [-0.25, -0.2) is 9.97 Å². The van der Waals surface area contributed by atoms with Crippen LogP contribution in [0.4, 0.5) is 0 Å². The summed E-state index contributed by atoms with van der Waals surface area (Å²) in [5.41, 5.74) is 7.54. The van der Waals surface area contributed by atoms with Crippen LogP contribution < -0.4 is 0 Å². The van der Waals surface area contributed by atoms with Crippen LogP contribution >= 0.6 is 0 Å². The van der Waals surface area contributed by atoms with Crippen LogP contribution in [0.25, 0.3) is 17.0 Å². The number of aromatic nitrogens is 3. The Morgan fingerprint density at radius 2 is 1.93 bits per heavy atom. The highest BCUT2D eigenvalue weighted by Gasteiger charge is 2.08. The van der Waals surface area contributed by atoms with E-state index in [4.69, 9.17) is 4.98 Å². The third-order valence-electron chi connectivity index (χ3n) is 5.88. The summed E-state index contributed by atoms with van der Waals surface area (Å²) in [6.07, 6.45) is 14.1. The van der Waals surface area contributed by atoms with E-state index in [1.54, 1.807) is 6.07 Å². The Hall–Kier alpha value is -3.40. The van der Waals surface area contributed by atoms with Gasteiger partial charge in [0, 0.05) is 35.4 Å². The summed E-state index contributed by atoms with van der Waals surface area (Å²) in [5, 5.41) is 10.8. The predicted octanol–water partition coefficient (Wildman–Crippen LogP) is 5.19. The Morgan fingerprint density at radius 3 is 2.90 bits per heavy atom. The predicted molar refractivity (Wildman–Crippen MR) is 121 cm³/mol. The highest BCUT2D eigenvalue weighted by atomic mass is 16.3. The zero-order valence-electron chi connectivity index (χ0n) is 16.9. The molecule has 0 bridgehead atoms. The minimum Gasteiger partial charge on any atom is -0.508 e. The maximum atomic E-state index is 9.75. The second kappa shape index (κ2) is 8.15. The summed E-state index contributed by atoms with van der Waals surface area (Å²) in [5.74, 6) is 1.21. The van der Waals surface area contributed by atoms with Gasteiger partial charge >= 0.3 is 0 Å². The van der Waals surface area contributed by atoms with Crippen LogP contribution in [0.15, 0.2) is 60.9 Å². The van der Waals surface area contributed by atoms with Crippen molar-refractivity contribution in [2.45, 2.75) is 38.5 Å². The lowest BCUT2D eigenvalue weighted by molar-refractivity contribution is 0.476. The number of phenolic OH excluding ortho intramolecular Hbond substituents is 1. The van der Waals surface area contributed by atoms with Crippen molar-refractivity contribution in [3.8, 4) is 5.75 Å². The third kappa shape index (κ3) is 3.99. The number of H-pyrrole nitrogens is 1. The lowest BCUT2D eigenvalue weighted by Crippen LogP contribution is -2.02. The number of hydrogen-bond acceptors (Lipinski definition) is 3. The Kier molecular flexibility index (Phi) is 5.06. The summed E-state index contributed by atoms with van der Waals surface area (Å²) >= 11 is 0. The quantitative estimate of drug-likeness (QED) is 0.452. The second-order valence-electron chi connectivity index (χ2n) is 8.00. The van der Waals surface area contributed by atoms with Gasteiger partial charge in [0.15, 0.2) is 0 Å². The first-order chi connectivity index (χ1) is 14.7. The summed E-state index contributed by atoms with van der Waals surface area (Å²) in [4.78, 5) is 12.5. The average molecular weight is 396 g/mol. The van der Waals surface area contributed by atoms with Crippen molar-refractivity contribution in [3.63, 3.8) is 0 Å². The summed E-state index contributed by atoms with van der Waals surface area (Å²) in [7, 11) is 0. The first-order valence-corrected chi connectivity index (χ1v) is 10.6. The molecular weight excluding hydrogens is 370 g/mol. The van der Waals surface area contributed by atoms with Crippen LogP contribution in [0.5, 0.6) is 5.75 Å². The monoisotopic (exact) mass is 395 g/mol. The molecule has 0 aliphatic heterocycles. The van der Waals surface area contributed by atoms with Gasteiger partial charge in [-0.15, -0.1) is 0 Å². The second-order valence-corrected chi connectivity index (χ2v) is 8.00. The number of hydrogen-bond donors (Lipinski definition) is 2. The number of phenols is 1. The van der Waals surface area contributed by atoms with E-state index in [9.17, 15) is 5.11 Å². The van der Waals surface area contributed by atoms with Gasteiger partial charge < -0.3 is 10.1 Å². The van der Waals surface area contributed by atoms with E-state index in [1.165, 1.54) is 22.3 Å². The molecule has 4 nitrogen and oxygen atoms in total. The molecule has 0 fully saturated rings. The molecule has 2 aromatic carbocycles. The fourth-order valence-corrected chi connectivity index (χ4v) is 4.24. The number of aryl methyl sites for hydroxylation is 4. The topological polar surface area (TPSA) is 61.8 Å². The van der Waals surface area contributed by atoms with E-state index in [0.717, 1.165) is 60.9 Å². The zero-order valence-corrected chi connectivity index (χ0v) is 16.9. The van der Waals surface area contributed by atoms with Crippen molar-refractivity contribution in [1.29, 1.82) is 0 Å². The molecule has 5 rings (SSSR count). The van der Waals surface area contributed by atoms with Crippen molar-refractivity contribution < 1.29 is 5.11 Å². The molecule has 0 atom stereocenters. The van der Waals surface area contributed by atoms with E-state index in [-0.39, 0.29) is 0 Å². The number of fused-ring (bicyclic) bond motifs is 2. The largest absolute Gasteiger partial charge is 0.508 e. The van der Waals surface area contributed by atoms with Gasteiger partial charge in [-0.3, -0.25) is 0 Å². The number of nitrogens with zero attached hydrogens (tertiary/aromatic N) is 2. The number of aromatic hydroxyl groups is 1. The first-order valence-electron chi connectivity index (χ1n) is 10.6. The Bertz CT molecular complexity index is 1220. The fourth-order valence-electron chi connectivity index (χ4n) is 4.24. The lowest BCUT2D eigenvalue weighted by atomic mass is 10.0. The maximum Gasteiger partial charge on any atom is 0.128 e. The van der Waals surface area contributed by atoms with Gasteiger partial charge in [0.2, 0.25) is 0 Å². The van der Waals surface area contributed by atoms with E-state index in [0.29, 0.717) is 5.75 Å². The molecular formula is C26H25N3O. The van der Waals surface area contributed by atoms with Crippen LogP contribution in [0.2, 0.25) is 0 Å². The number of benzene rings is 2. The van der Waals surface area contributed by atoms with Gasteiger partial charge in [0.1, 0.15) is 11.6 Å². The fraction of sp³-hybridized carbons (Fsp3) is 0.231. The molecule has 4 heteroatoms. The van der Waals surface area contributed by atoms with Crippen molar-refractivity contribution in [1.82, 2.24) is 15.0 Å². The third-order valence-corrected chi connectivity index (χ3v) is 5.88. The molecule has 30 heavy (non-hydrogen) atoms. The van der Waals surface area contributed by atoms with Crippen LogP contribution in [-0.2, 0) is 32.1 Å². The van der Waals surface area contributed by atoms with E-state index < -0.39 is 0 Å². The highest BCUT2D eigenvalue weighted by Crippen LogP contribution is 2.24. The van der Waals surface area contributed by atoms with Crippen molar-refractivity contribution in [3.05, 3.63) is 94.7 Å². The van der Waals surface area contributed by atoms with Gasteiger partial charge in [-0.1, -0.05) is 30.4 Å². The van der Waals surface area contributed by atoms with Crippen LogP contribution in [-0.4, -0.2) is 20.1 Å². The molecule has 2 aromatic heterocycles. The minimum absolute atomic E-state index is 0.304. The standard InChI is InChI=1S/C26H25N3O/c30-23-11-12-25-24(16-23)21(17-28-25)5-2-6-26-27-14-13-22(29-26)10-8-18-7-9-19-3-1-4-20(19)15-18/h1,4,7,9,11-17,28,30H,2-3,5-6,8,10H2. The van der Waals surface area contributed by atoms with E-state index >= 15 is 0 Å². The average Bonchev–Trinajstić information content (AvgIpc) is 3.39. The van der Waals surface area contributed by atoms with Crippen LogP contribution in [0.3, 0.4) is 0 Å². The smallest absolute Gasteiger partial charge is 0.128 e. The number of rotatable bonds is 7. The van der Waals surface area contributed by atoms with Gasteiger partial charge in [-0.2, -0.15) is 0 Å². The summed E-state index contributed by atoms with van der Waals surface area (Å²) in [6.45, 7) is 0. The number of allylic oxidation sites excluding steroid dienone is 1. The Morgan fingerprint density at radius 1 is 0.967 bits per heavy atom. The minimum atomic E-state index is 0.304. The van der Waals surface area contributed by atoms with Gasteiger partial charge in [0.25, 0.3) is 0 Å². The number of aromatic amines is 1. The van der Waals surface area contributed by atoms with Gasteiger partial charge in [-0.05, 0) is 78.6 Å². The first kappa shape index (κ1) is 18.6. The molecule has 0 saturated carbocycles. The molecule has 0 unspecified atom stereocenters. The molecule has 150 valence electrons. The molecule has 2 heterocycles. The zero-order chi connectivity index (χ0) is 20.3. The van der Waals surface area contributed by atoms with Crippen LogP contribution in [0, 0.1) is 0 Å². The molecule has 1 aliphatic rings. The molecule has 1 aliphatic carbocycles. The van der Waals surface area contributed by atoms with E-state index in [1.807, 2.05) is 30.6 Å². The molecule has 0 amide bonds. The van der Waals surface area contributed by atoms with Crippen molar-refractivity contribution in [2.75, 3.05) is 0 Å². The normalized spacial score (nSPS) is 12.5. The van der Waals surface area contributed by atoms with E-state index in [2.05, 4.69) is 40.3 Å². The Labute approximate surface area is 176 Å². The maximum absolute atomic E-state index is 9.75. The molecule has 0 saturated heterocycles. The number of nitrogens with one attached hydrogen (secondary N) is 1. The molecule has 0 spiro atoms. The van der Waals surface area contributed by atoms with Crippen molar-refractivity contribution in [2.24, 2.45) is 0 Å². The van der Waals surface area contributed by atoms with Crippen LogP contribution in [0.1, 0.15) is 40.2 Å². The summed E-state index contributed by atoms with van der Waals surface area (Å²) < 4.78 is 0. The van der Waals surface area contributed by atoms with Crippen molar-refractivity contribution >= 4 is 17.0 Å².